The van der Waals surface area contributed by atoms with Crippen molar-refractivity contribution in [2.24, 2.45) is 0 Å². The van der Waals surface area contributed by atoms with Crippen LogP contribution in [0, 0.1) is 5.82 Å². The lowest BCUT2D eigenvalue weighted by molar-refractivity contribution is 0.190. The van der Waals surface area contributed by atoms with Crippen LogP contribution in [0.2, 0.25) is 0 Å². The largest absolute Gasteiger partial charge is 0.308 e. The van der Waals surface area contributed by atoms with Gasteiger partial charge in [0.25, 0.3) is 0 Å². The molecule has 0 radical (unpaired) electrons. The maximum absolute atomic E-state index is 13.2. The third kappa shape index (κ3) is 4.83. The first-order chi connectivity index (χ1) is 11.2. The van der Waals surface area contributed by atoms with Gasteiger partial charge in [-0.1, -0.05) is 19.1 Å². The zero-order chi connectivity index (χ0) is 16.1. The van der Waals surface area contributed by atoms with Crippen molar-refractivity contribution in [1.29, 1.82) is 0 Å². The molecule has 1 N–H and O–H groups in total. The average Bonchev–Trinajstić information content (AvgIpc) is 3.02. The molecule has 1 saturated heterocycles. The molecule has 1 aliphatic rings. The Kier molecular flexibility index (Phi) is 5.75. The molecule has 0 unspecified atom stereocenters. The summed E-state index contributed by atoms with van der Waals surface area (Å²) in [7, 11) is 0. The van der Waals surface area contributed by atoms with Crippen LogP contribution in [0.15, 0.2) is 29.6 Å². The number of nitrogens with zero attached hydrogens (tertiary/aromatic N) is 2. The number of aromatic nitrogens is 1. The van der Waals surface area contributed by atoms with E-state index in [4.69, 9.17) is 0 Å². The minimum absolute atomic E-state index is 0.145. The first-order valence-corrected chi connectivity index (χ1v) is 9.24. The van der Waals surface area contributed by atoms with Gasteiger partial charge in [0.1, 0.15) is 5.82 Å². The highest BCUT2D eigenvalue weighted by Gasteiger charge is 2.19. The lowest BCUT2D eigenvalue weighted by atomic mass is 10.0. The normalized spacial score (nSPS) is 16.8. The Hall–Kier alpha value is -1.30. The van der Waals surface area contributed by atoms with Crippen LogP contribution < -0.4 is 5.32 Å². The van der Waals surface area contributed by atoms with Gasteiger partial charge in [0.2, 0.25) is 0 Å². The van der Waals surface area contributed by atoms with E-state index in [2.05, 4.69) is 27.5 Å². The number of hydrogen-bond donors (Lipinski definition) is 1. The molecule has 3 rings (SSSR count). The highest BCUT2D eigenvalue weighted by Crippen LogP contribution is 2.16. The van der Waals surface area contributed by atoms with Gasteiger partial charge in [0.05, 0.1) is 10.7 Å². The Morgan fingerprint density at radius 3 is 2.87 bits per heavy atom. The molecule has 1 fully saturated rings. The number of likely N-dealkylation sites (tertiary alicyclic amines) is 1. The van der Waals surface area contributed by atoms with E-state index in [0.29, 0.717) is 6.04 Å². The van der Waals surface area contributed by atoms with Crippen molar-refractivity contribution in [1.82, 2.24) is 15.2 Å². The molecular weight excluding hydrogens is 309 g/mol. The van der Waals surface area contributed by atoms with E-state index in [1.54, 1.807) is 23.5 Å². The van der Waals surface area contributed by atoms with Crippen molar-refractivity contribution in [3.63, 3.8) is 0 Å². The first-order valence-electron chi connectivity index (χ1n) is 8.36. The maximum atomic E-state index is 13.2. The molecule has 0 bridgehead atoms. The van der Waals surface area contributed by atoms with Gasteiger partial charge in [-0.25, -0.2) is 9.37 Å². The van der Waals surface area contributed by atoms with Gasteiger partial charge in [-0.2, -0.15) is 0 Å². The van der Waals surface area contributed by atoms with Gasteiger partial charge in [0, 0.05) is 24.5 Å². The number of benzene rings is 1. The molecule has 0 amide bonds. The van der Waals surface area contributed by atoms with Crippen LogP contribution in [0.1, 0.15) is 36.0 Å². The topological polar surface area (TPSA) is 28.2 Å². The van der Waals surface area contributed by atoms with Crippen LogP contribution in [-0.4, -0.2) is 29.0 Å². The summed E-state index contributed by atoms with van der Waals surface area (Å²) in [5.41, 5.74) is 2.22. The molecule has 0 aliphatic carbocycles. The summed E-state index contributed by atoms with van der Waals surface area (Å²) >= 11 is 1.75. The summed E-state index contributed by atoms with van der Waals surface area (Å²) in [6, 6.07) is 7.49. The predicted octanol–water partition coefficient (Wildman–Crippen LogP) is 3.60. The maximum Gasteiger partial charge on any atom is 0.123 e. The van der Waals surface area contributed by atoms with Crippen molar-refractivity contribution in [3.05, 3.63) is 51.7 Å². The van der Waals surface area contributed by atoms with E-state index in [9.17, 15) is 4.39 Å². The lowest BCUT2D eigenvalue weighted by Crippen LogP contribution is -2.41. The number of piperidine rings is 1. The lowest BCUT2D eigenvalue weighted by Gasteiger charge is -2.32. The van der Waals surface area contributed by atoms with Gasteiger partial charge >= 0.3 is 0 Å². The Balaban J connectivity index is 1.41. The first kappa shape index (κ1) is 16.6. The summed E-state index contributed by atoms with van der Waals surface area (Å²) in [6.07, 6.45) is 3.29. The van der Waals surface area contributed by atoms with E-state index in [1.807, 2.05) is 6.07 Å². The van der Waals surface area contributed by atoms with Crippen molar-refractivity contribution in [3.8, 4) is 0 Å². The highest BCUT2D eigenvalue weighted by molar-refractivity contribution is 7.09. The quantitative estimate of drug-likeness (QED) is 0.875. The smallest absolute Gasteiger partial charge is 0.123 e. The van der Waals surface area contributed by atoms with Crippen LogP contribution in [-0.2, 0) is 19.5 Å². The minimum atomic E-state index is -0.145. The van der Waals surface area contributed by atoms with Gasteiger partial charge in [-0.05, 0) is 50.0 Å². The van der Waals surface area contributed by atoms with Crippen LogP contribution in [0.4, 0.5) is 4.39 Å². The third-order valence-corrected chi connectivity index (χ3v) is 5.40. The Morgan fingerprint density at radius 1 is 1.35 bits per heavy atom. The number of halogens is 1. The van der Waals surface area contributed by atoms with Crippen LogP contribution in [0.3, 0.4) is 0 Å². The molecule has 1 aromatic carbocycles. The fraction of sp³-hybridized carbons (Fsp3) is 0.500. The van der Waals surface area contributed by atoms with E-state index >= 15 is 0 Å². The molecule has 124 valence electrons. The molecule has 0 atom stereocenters. The molecule has 2 heterocycles. The fourth-order valence-electron chi connectivity index (χ4n) is 3.03. The number of nitrogens with one attached hydrogen (secondary N) is 1. The summed E-state index contributed by atoms with van der Waals surface area (Å²) < 4.78 is 13.2. The Labute approximate surface area is 141 Å². The van der Waals surface area contributed by atoms with E-state index in [1.165, 1.54) is 11.1 Å². The van der Waals surface area contributed by atoms with E-state index in [0.717, 1.165) is 56.7 Å². The minimum Gasteiger partial charge on any atom is -0.308 e. The summed E-state index contributed by atoms with van der Waals surface area (Å²) in [5.74, 6) is -0.145. The predicted molar refractivity (Wildman–Crippen MR) is 93.0 cm³/mol. The molecule has 3 nitrogen and oxygen atoms in total. The molecule has 1 aromatic heterocycles. The van der Waals surface area contributed by atoms with Gasteiger partial charge in [-0.15, -0.1) is 11.3 Å². The molecule has 5 heteroatoms. The van der Waals surface area contributed by atoms with Crippen molar-refractivity contribution < 1.29 is 4.39 Å². The summed E-state index contributed by atoms with van der Waals surface area (Å²) in [6.45, 7) is 5.97. The second-order valence-corrected chi connectivity index (χ2v) is 7.09. The third-order valence-electron chi connectivity index (χ3n) is 4.36. The molecular formula is C18H24FN3S. The summed E-state index contributed by atoms with van der Waals surface area (Å²) in [4.78, 5) is 7.01. The standard InChI is InChI=1S/C18H24FN3S/c1-2-18-21-17(13-23-18)11-20-16-6-8-22(9-7-16)12-14-4-3-5-15(19)10-14/h3-5,10,13,16,20H,2,6-9,11-12H2,1H3. The zero-order valence-corrected chi connectivity index (χ0v) is 14.4. The SMILES string of the molecule is CCc1nc(CNC2CCN(Cc3cccc(F)c3)CC2)cs1. The van der Waals surface area contributed by atoms with Crippen LogP contribution in [0.5, 0.6) is 0 Å². The molecule has 23 heavy (non-hydrogen) atoms. The zero-order valence-electron chi connectivity index (χ0n) is 13.6. The molecule has 2 aromatic rings. The fourth-order valence-corrected chi connectivity index (χ4v) is 3.77. The number of rotatable bonds is 6. The van der Waals surface area contributed by atoms with Crippen LogP contribution >= 0.6 is 11.3 Å². The summed E-state index contributed by atoms with van der Waals surface area (Å²) in [5, 5.41) is 7.00. The van der Waals surface area contributed by atoms with Gasteiger partial charge < -0.3 is 5.32 Å². The van der Waals surface area contributed by atoms with Crippen LogP contribution in [0.25, 0.3) is 0 Å². The monoisotopic (exact) mass is 333 g/mol. The number of aryl methyl sites for hydroxylation is 1. The van der Waals surface area contributed by atoms with E-state index in [-0.39, 0.29) is 5.82 Å². The van der Waals surface area contributed by atoms with Crippen molar-refractivity contribution in [2.45, 2.75) is 45.3 Å². The van der Waals surface area contributed by atoms with E-state index < -0.39 is 0 Å². The second kappa shape index (κ2) is 7.99. The second-order valence-electron chi connectivity index (χ2n) is 6.15. The Bertz CT molecular complexity index is 620. The average molecular weight is 333 g/mol. The van der Waals surface area contributed by atoms with Crippen molar-refractivity contribution >= 4 is 11.3 Å². The Morgan fingerprint density at radius 2 is 2.17 bits per heavy atom. The van der Waals surface area contributed by atoms with Gasteiger partial charge in [-0.3, -0.25) is 4.90 Å². The molecule has 1 aliphatic heterocycles. The molecule has 0 saturated carbocycles. The number of thiazole rings is 1. The van der Waals surface area contributed by atoms with Crippen molar-refractivity contribution in [2.75, 3.05) is 13.1 Å². The number of hydrogen-bond acceptors (Lipinski definition) is 4. The molecule has 0 spiro atoms. The highest BCUT2D eigenvalue weighted by atomic mass is 32.1. The van der Waals surface area contributed by atoms with Gasteiger partial charge in [0.15, 0.2) is 0 Å².